The van der Waals surface area contributed by atoms with Crippen LogP contribution in [0.1, 0.15) is 52.0 Å². The molecule has 1 aromatic carbocycles. The maximum atomic E-state index is 13.4. The topological polar surface area (TPSA) is 90.5 Å². The number of likely N-dealkylation sites (tertiary alicyclic amines) is 1. The van der Waals surface area contributed by atoms with Gasteiger partial charge < -0.3 is 20.4 Å². The minimum absolute atomic E-state index is 0.132. The van der Waals surface area contributed by atoms with E-state index in [1.807, 2.05) is 4.90 Å². The molecule has 1 saturated heterocycles. The summed E-state index contributed by atoms with van der Waals surface area (Å²) in [7, 11) is 2.08. The van der Waals surface area contributed by atoms with Crippen molar-refractivity contribution in [1.29, 1.82) is 0 Å². The van der Waals surface area contributed by atoms with Gasteiger partial charge in [0.1, 0.15) is 18.2 Å². The predicted molar refractivity (Wildman–Crippen MR) is 130 cm³/mol. The Morgan fingerprint density at radius 2 is 1.94 bits per heavy atom. The number of nitrogens with one attached hydrogen (secondary N) is 2. The number of alkyl halides is 3. The van der Waals surface area contributed by atoms with Gasteiger partial charge in [0.15, 0.2) is 0 Å². The van der Waals surface area contributed by atoms with Crippen molar-refractivity contribution in [1.82, 2.24) is 25.1 Å². The number of hydrogen-bond acceptors (Lipinski definition) is 6. The molecule has 2 aromatic rings. The monoisotopic (exact) mass is 506 g/mol. The van der Waals surface area contributed by atoms with E-state index in [1.54, 1.807) is 0 Å². The molecular weight excluding hydrogens is 473 g/mol. The fourth-order valence-corrected chi connectivity index (χ4v) is 5.39. The van der Waals surface area contributed by atoms with Gasteiger partial charge >= 0.3 is 6.18 Å². The number of rotatable bonds is 6. The van der Waals surface area contributed by atoms with Gasteiger partial charge in [0, 0.05) is 30.9 Å². The SMILES string of the molecule is CC(=O)NC1CC(N(C)C(C)C)CCC1N1CC[C@H](Nc2ncnc3ccc(C(F)(F)F)cc23)C1=O. The first-order valence-electron chi connectivity index (χ1n) is 12.3. The second kappa shape index (κ2) is 10.2. The van der Waals surface area contributed by atoms with Crippen molar-refractivity contribution in [2.45, 2.75) is 82.8 Å². The lowest BCUT2D eigenvalue weighted by molar-refractivity contribution is -0.137. The molecule has 8 nitrogen and oxygen atoms in total. The molecule has 0 bridgehead atoms. The van der Waals surface area contributed by atoms with Gasteiger partial charge in [-0.3, -0.25) is 9.59 Å². The standard InChI is InChI=1S/C25H33F3N6O2/c1-14(2)33(4)17-6-8-22(21(12-17)31-15(3)35)34-10-9-20(24(34)36)32-23-18-11-16(25(26,27)28)5-7-19(18)29-13-30-23/h5,7,11,13-14,17,20-22H,6,8-10,12H2,1-4H3,(H,31,35)(H,29,30,32)/t17?,20-,21?,22?/m0/s1. The van der Waals surface area contributed by atoms with Gasteiger partial charge in [-0.15, -0.1) is 0 Å². The number of nitrogens with zero attached hydrogens (tertiary/aromatic N) is 4. The Kier molecular flexibility index (Phi) is 7.40. The highest BCUT2D eigenvalue weighted by atomic mass is 19.4. The summed E-state index contributed by atoms with van der Waals surface area (Å²) in [5, 5.41) is 6.34. The van der Waals surface area contributed by atoms with E-state index in [0.717, 1.165) is 31.4 Å². The summed E-state index contributed by atoms with van der Waals surface area (Å²) in [6.45, 7) is 6.25. The van der Waals surface area contributed by atoms with E-state index in [0.29, 0.717) is 30.6 Å². The zero-order chi connectivity index (χ0) is 26.2. The van der Waals surface area contributed by atoms with E-state index >= 15 is 0 Å². The Labute approximate surface area is 208 Å². The van der Waals surface area contributed by atoms with E-state index < -0.39 is 17.8 Å². The lowest BCUT2D eigenvalue weighted by atomic mass is 9.84. The van der Waals surface area contributed by atoms with Crippen LogP contribution in [0.5, 0.6) is 0 Å². The van der Waals surface area contributed by atoms with E-state index in [9.17, 15) is 22.8 Å². The summed E-state index contributed by atoms with van der Waals surface area (Å²) in [5.74, 6) is -0.0659. The van der Waals surface area contributed by atoms with Crippen LogP contribution in [-0.2, 0) is 15.8 Å². The molecule has 2 heterocycles. The summed E-state index contributed by atoms with van der Waals surface area (Å²) in [5.41, 5.74) is -0.436. The van der Waals surface area contributed by atoms with Gasteiger partial charge in [-0.2, -0.15) is 13.2 Å². The van der Waals surface area contributed by atoms with Crippen LogP contribution in [0.25, 0.3) is 10.9 Å². The highest BCUT2D eigenvalue weighted by molar-refractivity contribution is 5.93. The molecular formula is C25H33F3N6O2. The number of halogens is 3. The predicted octanol–water partition coefficient (Wildman–Crippen LogP) is 3.43. The lowest BCUT2D eigenvalue weighted by Crippen LogP contribution is -2.58. The molecule has 1 saturated carbocycles. The summed E-state index contributed by atoms with van der Waals surface area (Å²) < 4.78 is 39.8. The molecule has 0 radical (unpaired) electrons. The van der Waals surface area contributed by atoms with Gasteiger partial charge in [0.05, 0.1) is 23.2 Å². The van der Waals surface area contributed by atoms with Crippen LogP contribution in [0.4, 0.5) is 19.0 Å². The smallest absolute Gasteiger partial charge is 0.358 e. The summed E-state index contributed by atoms with van der Waals surface area (Å²) in [6, 6.07) is 3.05. The first kappa shape index (κ1) is 26.1. The third-order valence-electron chi connectivity index (χ3n) is 7.48. The number of hydrogen-bond donors (Lipinski definition) is 2. The maximum Gasteiger partial charge on any atom is 0.416 e. The van der Waals surface area contributed by atoms with Crippen molar-refractivity contribution in [2.75, 3.05) is 18.9 Å². The number of fused-ring (bicyclic) bond motifs is 1. The summed E-state index contributed by atoms with van der Waals surface area (Å²) >= 11 is 0. The molecule has 1 aromatic heterocycles. The second-order valence-electron chi connectivity index (χ2n) is 10.1. The summed E-state index contributed by atoms with van der Waals surface area (Å²) in [4.78, 5) is 37.7. The van der Waals surface area contributed by atoms with Crippen molar-refractivity contribution in [2.24, 2.45) is 0 Å². The highest BCUT2D eigenvalue weighted by Crippen LogP contribution is 2.34. The van der Waals surface area contributed by atoms with Crippen LogP contribution in [0.15, 0.2) is 24.5 Å². The fourth-order valence-electron chi connectivity index (χ4n) is 5.39. The summed E-state index contributed by atoms with van der Waals surface area (Å²) in [6.07, 6.45) is -0.318. The largest absolute Gasteiger partial charge is 0.416 e. The third kappa shape index (κ3) is 5.40. The van der Waals surface area contributed by atoms with Crippen molar-refractivity contribution in [3.05, 3.63) is 30.1 Å². The lowest BCUT2D eigenvalue weighted by Gasteiger charge is -2.44. The molecule has 2 N–H and O–H groups in total. The molecule has 1 aliphatic heterocycles. The molecule has 2 amide bonds. The minimum atomic E-state index is -4.50. The van der Waals surface area contributed by atoms with E-state index in [-0.39, 0.29) is 35.1 Å². The highest BCUT2D eigenvalue weighted by Gasteiger charge is 2.43. The molecule has 4 atom stereocenters. The van der Waals surface area contributed by atoms with Crippen molar-refractivity contribution < 1.29 is 22.8 Å². The van der Waals surface area contributed by atoms with Gasteiger partial charge in [-0.25, -0.2) is 9.97 Å². The van der Waals surface area contributed by atoms with E-state index in [1.165, 1.54) is 19.3 Å². The molecule has 4 rings (SSSR count). The fraction of sp³-hybridized carbons (Fsp3) is 0.600. The molecule has 11 heteroatoms. The quantitative estimate of drug-likeness (QED) is 0.624. The first-order valence-corrected chi connectivity index (χ1v) is 12.3. The number of benzene rings is 1. The Bertz CT molecular complexity index is 1120. The molecule has 196 valence electrons. The molecule has 3 unspecified atom stereocenters. The third-order valence-corrected chi connectivity index (χ3v) is 7.48. The molecule has 0 spiro atoms. The van der Waals surface area contributed by atoms with E-state index in [2.05, 4.69) is 46.4 Å². The Hall–Kier alpha value is -2.95. The maximum absolute atomic E-state index is 13.4. The van der Waals surface area contributed by atoms with Gasteiger partial charge in [0.25, 0.3) is 0 Å². The minimum Gasteiger partial charge on any atom is -0.358 e. The van der Waals surface area contributed by atoms with Crippen LogP contribution >= 0.6 is 0 Å². The van der Waals surface area contributed by atoms with Crippen molar-refractivity contribution in [3.63, 3.8) is 0 Å². The number of amides is 2. The average Bonchev–Trinajstić information content (AvgIpc) is 3.17. The average molecular weight is 507 g/mol. The Balaban J connectivity index is 1.52. The Morgan fingerprint density at radius 1 is 1.19 bits per heavy atom. The van der Waals surface area contributed by atoms with Gasteiger partial charge in [-0.1, -0.05) is 0 Å². The molecule has 1 aliphatic carbocycles. The normalized spacial score (nSPS) is 25.1. The Morgan fingerprint density at radius 3 is 2.61 bits per heavy atom. The number of carbonyl (C=O) groups is 2. The van der Waals surface area contributed by atoms with Crippen LogP contribution in [-0.4, -0.2) is 75.4 Å². The van der Waals surface area contributed by atoms with Crippen LogP contribution in [0, 0.1) is 0 Å². The number of anilines is 1. The van der Waals surface area contributed by atoms with Gasteiger partial charge in [0.2, 0.25) is 11.8 Å². The van der Waals surface area contributed by atoms with Crippen LogP contribution < -0.4 is 10.6 Å². The zero-order valence-corrected chi connectivity index (χ0v) is 21.0. The second-order valence-corrected chi connectivity index (χ2v) is 10.1. The van der Waals surface area contributed by atoms with Crippen LogP contribution in [0.3, 0.4) is 0 Å². The van der Waals surface area contributed by atoms with Crippen LogP contribution in [0.2, 0.25) is 0 Å². The van der Waals surface area contributed by atoms with Gasteiger partial charge in [-0.05, 0) is 64.8 Å². The number of aromatic nitrogens is 2. The molecule has 2 fully saturated rings. The van der Waals surface area contributed by atoms with Crippen molar-refractivity contribution >= 4 is 28.5 Å². The zero-order valence-electron chi connectivity index (χ0n) is 21.0. The van der Waals surface area contributed by atoms with Crippen molar-refractivity contribution in [3.8, 4) is 0 Å². The number of carbonyl (C=O) groups excluding carboxylic acids is 2. The first-order chi connectivity index (χ1) is 17.0. The molecule has 36 heavy (non-hydrogen) atoms. The molecule has 2 aliphatic rings. The van der Waals surface area contributed by atoms with E-state index in [4.69, 9.17) is 0 Å².